The maximum atomic E-state index is 12.6. The highest BCUT2D eigenvalue weighted by molar-refractivity contribution is 7.92. The molecule has 1 aliphatic heterocycles. The topological polar surface area (TPSA) is 105 Å². The molecule has 3 rings (SSSR count). The molecule has 1 unspecified atom stereocenters. The fraction of sp³-hybridized carbons (Fsp3) is 0.500. The number of rotatable bonds is 11. The van der Waals surface area contributed by atoms with E-state index < -0.39 is 31.5 Å². The largest absolute Gasteiger partial charge is 0.373 e. The second kappa shape index (κ2) is 13.8. The van der Waals surface area contributed by atoms with Gasteiger partial charge < -0.3 is 10.1 Å². The number of ether oxygens (including phenoxy) is 1. The number of hydrogen-bond acceptors (Lipinski definition) is 5. The summed E-state index contributed by atoms with van der Waals surface area (Å²) in [5.74, 6) is -1.57. The van der Waals surface area contributed by atoms with Crippen LogP contribution in [0.25, 0.3) is 0 Å². The Labute approximate surface area is 236 Å². The molecule has 0 saturated carbocycles. The molecule has 2 aromatic carbocycles. The summed E-state index contributed by atoms with van der Waals surface area (Å²) in [7, 11) is -3.82. The van der Waals surface area contributed by atoms with Crippen LogP contribution < -0.4 is 10.0 Å². The number of benzene rings is 2. The maximum Gasteiger partial charge on any atom is 0.268 e. The highest BCUT2D eigenvalue weighted by Gasteiger charge is 2.47. The molecule has 1 aliphatic rings. The summed E-state index contributed by atoms with van der Waals surface area (Å²) in [5, 5.41) is 2.45. The van der Waals surface area contributed by atoms with Crippen molar-refractivity contribution in [2.24, 2.45) is 5.41 Å². The molecule has 1 amide bonds. The van der Waals surface area contributed by atoms with Crippen molar-refractivity contribution < 1.29 is 22.7 Å². The summed E-state index contributed by atoms with van der Waals surface area (Å²) in [5.41, 5.74) is 0.126. The minimum atomic E-state index is -3.82. The van der Waals surface area contributed by atoms with Gasteiger partial charge in [-0.2, -0.15) is 0 Å². The molecule has 2 N–H and O–H groups in total. The quantitative estimate of drug-likeness (QED) is 0.130. The number of Topliss-reactive ketones (excluding diaryl/α,β-unsaturated/α-hetero) is 1. The summed E-state index contributed by atoms with van der Waals surface area (Å²) in [4.78, 5) is 24.9. The third kappa shape index (κ3) is 9.88. The number of unbranched alkanes of at least 4 members (excludes halogenated alkanes) is 3. The first-order valence-electron chi connectivity index (χ1n) is 12.7. The van der Waals surface area contributed by atoms with Crippen molar-refractivity contribution in [2.45, 2.75) is 82.1 Å². The molecule has 38 heavy (non-hydrogen) atoms. The van der Waals surface area contributed by atoms with Crippen molar-refractivity contribution in [2.75, 3.05) is 16.6 Å². The summed E-state index contributed by atoms with van der Waals surface area (Å²) >= 11 is 12.0. The van der Waals surface area contributed by atoms with Gasteiger partial charge >= 0.3 is 0 Å². The van der Waals surface area contributed by atoms with Crippen LogP contribution in [0.3, 0.4) is 0 Å². The normalized spacial score (nSPS) is 15.2. The van der Waals surface area contributed by atoms with Crippen LogP contribution in [-0.2, 0) is 24.3 Å². The number of aryl methyl sites for hydroxylation is 1. The van der Waals surface area contributed by atoms with Crippen molar-refractivity contribution >= 4 is 56.3 Å². The average molecular weight is 586 g/mol. The van der Waals surface area contributed by atoms with Crippen molar-refractivity contribution in [1.82, 2.24) is 0 Å². The predicted molar refractivity (Wildman–Crippen MR) is 154 cm³/mol. The van der Waals surface area contributed by atoms with Crippen LogP contribution in [0.5, 0.6) is 0 Å². The fourth-order valence-electron chi connectivity index (χ4n) is 3.55. The molecule has 1 saturated heterocycles. The van der Waals surface area contributed by atoms with Gasteiger partial charge in [-0.05, 0) is 43.2 Å². The lowest BCUT2D eigenvalue weighted by molar-refractivity contribution is -0.131. The van der Waals surface area contributed by atoms with Crippen LogP contribution in [0.2, 0.25) is 0 Å². The number of halogens is 2. The lowest BCUT2D eigenvalue weighted by atomic mass is 9.88. The first-order valence-corrected chi connectivity index (χ1v) is 15.0. The molecular weight excluding hydrogens is 547 g/mol. The Hall–Kier alpha value is -2.13. The second-order valence-corrected chi connectivity index (χ2v) is 13.3. The van der Waals surface area contributed by atoms with Gasteiger partial charge in [0, 0.05) is 11.1 Å². The van der Waals surface area contributed by atoms with Crippen molar-refractivity contribution in [3.8, 4) is 0 Å². The lowest BCUT2D eigenvalue weighted by Crippen LogP contribution is -2.45. The smallest absolute Gasteiger partial charge is 0.268 e. The van der Waals surface area contributed by atoms with Crippen LogP contribution in [0.4, 0.5) is 11.4 Å². The monoisotopic (exact) mass is 584 g/mol. The van der Waals surface area contributed by atoms with Crippen LogP contribution in [0.1, 0.15) is 65.4 Å². The SMILES string of the molecule is CCCCCCC1CO1.Cc1ccccc1S(=O)(=O)Nc1cccc(NC(=O)C(Cl)(Cl)C(=O)C(C)(C)C)c1. The van der Waals surface area contributed by atoms with Crippen molar-refractivity contribution in [3.63, 3.8) is 0 Å². The van der Waals surface area contributed by atoms with Gasteiger partial charge in [-0.15, -0.1) is 0 Å². The number of amides is 1. The standard InChI is InChI=1S/C20H22Cl2N2O4S.C8H16O/c1-13-8-5-6-11-16(13)29(27,28)24-15-10-7-9-14(12-15)23-18(26)20(21,22)17(25)19(2,3)4;1-2-3-4-5-6-8-7-9-8/h5-12,24H,1-4H3,(H,23,26);8H,2-7H2,1H3. The van der Waals surface area contributed by atoms with E-state index >= 15 is 0 Å². The molecule has 0 aromatic heterocycles. The molecule has 0 radical (unpaired) electrons. The molecule has 0 spiro atoms. The Morgan fingerprint density at radius 1 is 1.00 bits per heavy atom. The Morgan fingerprint density at radius 2 is 1.63 bits per heavy atom. The van der Waals surface area contributed by atoms with Crippen molar-refractivity contribution in [3.05, 3.63) is 54.1 Å². The van der Waals surface area contributed by atoms with Gasteiger partial charge in [-0.3, -0.25) is 14.3 Å². The third-order valence-electron chi connectivity index (χ3n) is 5.79. The number of hydrogen-bond donors (Lipinski definition) is 2. The number of sulfonamides is 1. The summed E-state index contributed by atoms with van der Waals surface area (Å²) in [6, 6.07) is 12.6. The summed E-state index contributed by atoms with van der Waals surface area (Å²) in [6.07, 6.45) is 7.47. The number of ketones is 1. The first kappa shape index (κ1) is 32.1. The summed E-state index contributed by atoms with van der Waals surface area (Å²) < 4.78 is 30.5. The van der Waals surface area contributed by atoms with E-state index in [2.05, 4.69) is 17.0 Å². The maximum absolute atomic E-state index is 12.6. The molecule has 10 heteroatoms. The van der Waals surface area contributed by atoms with Crippen LogP contribution in [-0.4, -0.2) is 37.2 Å². The number of epoxide rings is 1. The fourth-order valence-corrected chi connectivity index (χ4v) is 5.50. The predicted octanol–water partition coefficient (Wildman–Crippen LogP) is 6.88. The minimum Gasteiger partial charge on any atom is -0.373 e. The molecule has 0 bridgehead atoms. The number of alkyl halides is 2. The van der Waals surface area contributed by atoms with Gasteiger partial charge in [0.15, 0.2) is 5.78 Å². The minimum absolute atomic E-state index is 0.144. The zero-order chi connectivity index (χ0) is 28.6. The zero-order valence-electron chi connectivity index (χ0n) is 22.6. The van der Waals surface area contributed by atoms with E-state index in [1.165, 1.54) is 56.4 Å². The van der Waals surface area contributed by atoms with Crippen LogP contribution in [0, 0.1) is 12.3 Å². The van der Waals surface area contributed by atoms with Crippen LogP contribution in [0.15, 0.2) is 53.4 Å². The zero-order valence-corrected chi connectivity index (χ0v) is 25.0. The van der Waals surface area contributed by atoms with Gasteiger partial charge in [0.05, 0.1) is 23.3 Å². The Kier molecular flexibility index (Phi) is 11.6. The molecule has 1 fully saturated rings. The Bertz CT molecular complexity index is 1210. The van der Waals surface area contributed by atoms with Crippen molar-refractivity contribution in [1.29, 1.82) is 0 Å². The van der Waals surface area contributed by atoms with E-state index in [4.69, 9.17) is 27.9 Å². The van der Waals surface area contributed by atoms with E-state index in [0.29, 0.717) is 11.7 Å². The van der Waals surface area contributed by atoms with Gasteiger partial charge in [0.25, 0.3) is 20.3 Å². The highest BCUT2D eigenvalue weighted by atomic mass is 35.5. The van der Waals surface area contributed by atoms with Crippen LogP contribution >= 0.6 is 23.2 Å². The Morgan fingerprint density at radius 3 is 2.21 bits per heavy atom. The Balaban J connectivity index is 0.000000474. The van der Waals surface area contributed by atoms with Gasteiger partial charge in [-0.1, -0.05) is 101 Å². The summed E-state index contributed by atoms with van der Waals surface area (Å²) in [6.45, 7) is 9.77. The number of anilines is 2. The number of carbonyl (C=O) groups is 2. The van der Waals surface area contributed by atoms with Gasteiger partial charge in [-0.25, -0.2) is 8.42 Å². The lowest BCUT2D eigenvalue weighted by Gasteiger charge is -2.25. The van der Waals surface area contributed by atoms with E-state index in [9.17, 15) is 18.0 Å². The number of nitrogens with one attached hydrogen (secondary N) is 2. The molecule has 2 aromatic rings. The van der Waals surface area contributed by atoms with E-state index in [1.54, 1.807) is 52.0 Å². The van der Waals surface area contributed by atoms with Gasteiger partial charge in [0.2, 0.25) is 0 Å². The second-order valence-electron chi connectivity index (χ2n) is 10.4. The molecule has 1 atom stereocenters. The van der Waals surface area contributed by atoms with E-state index in [-0.39, 0.29) is 16.3 Å². The van der Waals surface area contributed by atoms with E-state index in [0.717, 1.165) is 6.61 Å². The molecule has 7 nitrogen and oxygen atoms in total. The molecular formula is C28H38Cl2N2O5S. The first-order chi connectivity index (χ1) is 17.7. The molecule has 0 aliphatic carbocycles. The van der Waals surface area contributed by atoms with E-state index in [1.807, 2.05) is 0 Å². The van der Waals surface area contributed by atoms with Gasteiger partial charge in [0.1, 0.15) is 0 Å². The molecule has 1 heterocycles. The average Bonchev–Trinajstić information content (AvgIpc) is 3.66. The number of carbonyl (C=O) groups excluding carboxylic acids is 2. The highest BCUT2D eigenvalue weighted by Crippen LogP contribution is 2.33. The molecule has 210 valence electrons. The third-order valence-corrected chi connectivity index (χ3v) is 8.02.